The van der Waals surface area contributed by atoms with Gasteiger partial charge in [0.05, 0.1) is 18.8 Å². The Kier molecular flexibility index (Phi) is 7.67. The quantitative estimate of drug-likeness (QED) is 0.759. The normalized spacial score (nSPS) is 16.8. The fourth-order valence-electron chi connectivity index (χ4n) is 3.47. The maximum Gasteiger partial charge on any atom is 0.261 e. The van der Waals surface area contributed by atoms with E-state index in [1.54, 1.807) is 6.20 Å². The van der Waals surface area contributed by atoms with Crippen LogP contribution in [0.1, 0.15) is 31.9 Å². The molecule has 1 aliphatic heterocycles. The molecule has 1 aromatic carbocycles. The largest absolute Gasteiger partial charge is 0.490 e. The van der Waals surface area contributed by atoms with E-state index in [4.69, 9.17) is 9.47 Å². The smallest absolute Gasteiger partial charge is 0.261 e. The van der Waals surface area contributed by atoms with Crippen molar-refractivity contribution in [3.8, 4) is 11.5 Å². The standard InChI is InChI=1S/C22H29N3O3/c1-2-27-20-10-3-4-11-21(20)28-17-22(26)25(16-18-8-5-6-14-24-18)19-9-7-13-23-15-12-19/h3-6,8,10-11,14,19,23H,2,7,9,12-13,15-17H2,1H3. The van der Waals surface area contributed by atoms with Gasteiger partial charge < -0.3 is 19.7 Å². The van der Waals surface area contributed by atoms with Gasteiger partial charge in [0, 0.05) is 12.2 Å². The number of pyridine rings is 1. The highest BCUT2D eigenvalue weighted by Crippen LogP contribution is 2.26. The average Bonchev–Trinajstić information content (AvgIpc) is 3.01. The van der Waals surface area contributed by atoms with Gasteiger partial charge in [0.2, 0.25) is 0 Å². The van der Waals surface area contributed by atoms with Crippen molar-refractivity contribution in [1.29, 1.82) is 0 Å². The van der Waals surface area contributed by atoms with Crippen molar-refractivity contribution in [2.24, 2.45) is 0 Å². The highest BCUT2D eigenvalue weighted by atomic mass is 16.5. The number of para-hydroxylation sites is 2. The third-order valence-corrected chi connectivity index (χ3v) is 4.86. The molecule has 1 N–H and O–H groups in total. The van der Waals surface area contributed by atoms with E-state index in [2.05, 4.69) is 10.3 Å². The van der Waals surface area contributed by atoms with Crippen molar-refractivity contribution in [1.82, 2.24) is 15.2 Å². The maximum absolute atomic E-state index is 13.1. The lowest BCUT2D eigenvalue weighted by atomic mass is 10.1. The van der Waals surface area contributed by atoms with Gasteiger partial charge in [-0.05, 0) is 63.5 Å². The van der Waals surface area contributed by atoms with Gasteiger partial charge in [-0.3, -0.25) is 9.78 Å². The molecule has 150 valence electrons. The lowest BCUT2D eigenvalue weighted by molar-refractivity contribution is -0.136. The van der Waals surface area contributed by atoms with E-state index >= 15 is 0 Å². The number of carbonyl (C=O) groups is 1. The summed E-state index contributed by atoms with van der Waals surface area (Å²) in [5.41, 5.74) is 0.891. The first-order chi connectivity index (χ1) is 13.8. The zero-order valence-corrected chi connectivity index (χ0v) is 16.5. The molecule has 1 aliphatic rings. The van der Waals surface area contributed by atoms with Gasteiger partial charge in [0.15, 0.2) is 18.1 Å². The minimum atomic E-state index is -0.0242. The van der Waals surface area contributed by atoms with Gasteiger partial charge in [-0.2, -0.15) is 0 Å². The van der Waals surface area contributed by atoms with E-state index in [1.165, 1.54) is 0 Å². The molecule has 1 saturated heterocycles. The number of amides is 1. The molecule has 0 saturated carbocycles. The SMILES string of the molecule is CCOc1ccccc1OCC(=O)N(Cc1ccccn1)C1CCCNCC1. The van der Waals surface area contributed by atoms with Gasteiger partial charge in [-0.1, -0.05) is 18.2 Å². The zero-order valence-electron chi connectivity index (χ0n) is 16.5. The van der Waals surface area contributed by atoms with Crippen LogP contribution in [-0.4, -0.2) is 48.1 Å². The summed E-state index contributed by atoms with van der Waals surface area (Å²) in [6.07, 6.45) is 4.75. The molecule has 28 heavy (non-hydrogen) atoms. The molecule has 1 amide bonds. The molecule has 6 heteroatoms. The predicted octanol–water partition coefficient (Wildman–Crippen LogP) is 3.03. The molecule has 1 aromatic heterocycles. The second-order valence-corrected chi connectivity index (χ2v) is 6.85. The Morgan fingerprint density at radius 1 is 1.11 bits per heavy atom. The second kappa shape index (κ2) is 10.7. The molecule has 0 spiro atoms. The zero-order chi connectivity index (χ0) is 19.6. The van der Waals surface area contributed by atoms with Gasteiger partial charge in [0.25, 0.3) is 5.91 Å². The van der Waals surface area contributed by atoms with Crippen molar-refractivity contribution in [3.05, 3.63) is 54.4 Å². The minimum absolute atomic E-state index is 0.0130. The van der Waals surface area contributed by atoms with E-state index in [1.807, 2.05) is 54.3 Å². The van der Waals surface area contributed by atoms with Crippen LogP contribution in [0.4, 0.5) is 0 Å². The van der Waals surface area contributed by atoms with Crippen molar-refractivity contribution >= 4 is 5.91 Å². The fourth-order valence-corrected chi connectivity index (χ4v) is 3.47. The third kappa shape index (κ3) is 5.70. The molecule has 2 aromatic rings. The van der Waals surface area contributed by atoms with E-state index in [-0.39, 0.29) is 18.6 Å². The number of nitrogens with one attached hydrogen (secondary N) is 1. The Morgan fingerprint density at radius 2 is 1.89 bits per heavy atom. The molecular formula is C22H29N3O3. The van der Waals surface area contributed by atoms with Crippen LogP contribution in [0.5, 0.6) is 11.5 Å². The van der Waals surface area contributed by atoms with E-state index in [9.17, 15) is 4.79 Å². The fraction of sp³-hybridized carbons (Fsp3) is 0.455. The van der Waals surface area contributed by atoms with Gasteiger partial charge in [-0.15, -0.1) is 0 Å². The monoisotopic (exact) mass is 383 g/mol. The number of nitrogens with zero attached hydrogens (tertiary/aromatic N) is 2. The summed E-state index contributed by atoms with van der Waals surface area (Å²) in [7, 11) is 0. The number of ether oxygens (including phenoxy) is 2. The summed E-state index contributed by atoms with van der Waals surface area (Å²) in [5, 5.41) is 3.41. The predicted molar refractivity (Wildman–Crippen MR) is 108 cm³/mol. The Bertz CT molecular complexity index is 731. The molecule has 3 rings (SSSR count). The van der Waals surface area contributed by atoms with Gasteiger partial charge >= 0.3 is 0 Å². The molecule has 0 radical (unpaired) electrons. The molecule has 6 nitrogen and oxygen atoms in total. The number of rotatable bonds is 8. The summed E-state index contributed by atoms with van der Waals surface area (Å²) < 4.78 is 11.4. The molecular weight excluding hydrogens is 354 g/mol. The first-order valence-corrected chi connectivity index (χ1v) is 10.0. The summed E-state index contributed by atoms with van der Waals surface area (Å²) in [6.45, 7) is 4.89. The number of hydrogen-bond donors (Lipinski definition) is 1. The number of aromatic nitrogens is 1. The summed E-state index contributed by atoms with van der Waals surface area (Å²) in [6, 6.07) is 13.4. The summed E-state index contributed by atoms with van der Waals surface area (Å²) in [5.74, 6) is 1.23. The summed E-state index contributed by atoms with van der Waals surface area (Å²) in [4.78, 5) is 19.4. The molecule has 1 unspecified atom stereocenters. The molecule has 0 bridgehead atoms. The average molecular weight is 383 g/mol. The number of hydrogen-bond acceptors (Lipinski definition) is 5. The van der Waals surface area contributed by atoms with Crippen molar-refractivity contribution < 1.29 is 14.3 Å². The van der Waals surface area contributed by atoms with Crippen molar-refractivity contribution in [2.45, 2.75) is 38.8 Å². The van der Waals surface area contributed by atoms with Crippen LogP contribution in [0.25, 0.3) is 0 Å². The van der Waals surface area contributed by atoms with Gasteiger partial charge in [-0.25, -0.2) is 0 Å². The molecule has 2 heterocycles. The van der Waals surface area contributed by atoms with Crippen molar-refractivity contribution in [2.75, 3.05) is 26.3 Å². The van der Waals surface area contributed by atoms with Crippen LogP contribution < -0.4 is 14.8 Å². The van der Waals surface area contributed by atoms with E-state index < -0.39 is 0 Å². The Balaban J connectivity index is 1.70. The van der Waals surface area contributed by atoms with Crippen LogP contribution in [0.3, 0.4) is 0 Å². The van der Waals surface area contributed by atoms with Crippen LogP contribution in [-0.2, 0) is 11.3 Å². The first kappa shape index (κ1) is 20.1. The number of benzene rings is 1. The highest BCUT2D eigenvalue weighted by Gasteiger charge is 2.25. The third-order valence-electron chi connectivity index (χ3n) is 4.86. The highest BCUT2D eigenvalue weighted by molar-refractivity contribution is 5.78. The van der Waals surface area contributed by atoms with E-state index in [0.29, 0.717) is 24.7 Å². The van der Waals surface area contributed by atoms with Crippen molar-refractivity contribution in [3.63, 3.8) is 0 Å². The van der Waals surface area contributed by atoms with Crippen LogP contribution >= 0.6 is 0 Å². The number of carbonyl (C=O) groups excluding carboxylic acids is 1. The Morgan fingerprint density at radius 3 is 2.64 bits per heavy atom. The topological polar surface area (TPSA) is 63.7 Å². The first-order valence-electron chi connectivity index (χ1n) is 10.0. The molecule has 1 atom stereocenters. The second-order valence-electron chi connectivity index (χ2n) is 6.85. The van der Waals surface area contributed by atoms with Crippen LogP contribution in [0, 0.1) is 0 Å². The lowest BCUT2D eigenvalue weighted by Crippen LogP contribution is -2.43. The van der Waals surface area contributed by atoms with E-state index in [0.717, 1.165) is 38.0 Å². The van der Waals surface area contributed by atoms with Crippen LogP contribution in [0.15, 0.2) is 48.7 Å². The maximum atomic E-state index is 13.1. The van der Waals surface area contributed by atoms with Gasteiger partial charge in [0.1, 0.15) is 0 Å². The summed E-state index contributed by atoms with van der Waals surface area (Å²) >= 11 is 0. The lowest BCUT2D eigenvalue weighted by Gasteiger charge is -2.31. The minimum Gasteiger partial charge on any atom is -0.490 e. The Labute approximate surface area is 166 Å². The molecule has 1 fully saturated rings. The Hall–Kier alpha value is -2.60. The van der Waals surface area contributed by atoms with Crippen LogP contribution in [0.2, 0.25) is 0 Å². The molecule has 0 aliphatic carbocycles.